The molecule has 0 aliphatic carbocycles. The molecule has 0 saturated carbocycles. The van der Waals surface area contributed by atoms with Crippen molar-refractivity contribution in [3.05, 3.63) is 29.3 Å². The van der Waals surface area contributed by atoms with Crippen LogP contribution < -0.4 is 11.3 Å². The molecule has 1 aromatic carbocycles. The molecule has 5 nitrogen and oxygen atoms in total. The number of halogens is 3. The molecule has 0 heterocycles. The number of benzene rings is 1. The summed E-state index contributed by atoms with van der Waals surface area (Å²) in [4.78, 5) is 4.72. The van der Waals surface area contributed by atoms with Crippen LogP contribution in [0.5, 0.6) is 0 Å². The van der Waals surface area contributed by atoms with Crippen molar-refractivity contribution >= 4 is 24.3 Å². The monoisotopic (exact) mass is 281 g/mol. The van der Waals surface area contributed by atoms with E-state index < -0.39 is 11.6 Å². The molecule has 0 aromatic heterocycles. The molecule has 0 radical (unpaired) electrons. The largest absolute Gasteiger partial charge is 0.393 e. The van der Waals surface area contributed by atoms with Crippen LogP contribution in [0.2, 0.25) is 0 Å². The van der Waals surface area contributed by atoms with Crippen molar-refractivity contribution < 1.29 is 18.4 Å². The minimum absolute atomic E-state index is 0. The molecule has 0 unspecified atom stereocenters. The molecule has 0 amide bonds. The summed E-state index contributed by atoms with van der Waals surface area (Å²) in [6, 6.07) is 2.11. The van der Waals surface area contributed by atoms with Gasteiger partial charge < -0.3 is 15.0 Å². The Bertz CT molecular complexity index is 382. The Hall–Kier alpha value is -1.44. The van der Waals surface area contributed by atoms with Crippen LogP contribution in [0, 0.1) is 11.6 Å². The maximum Gasteiger partial charge on any atom is 0.140 e. The number of nitrogen functional groups attached to an aromatic ring is 1. The lowest BCUT2D eigenvalue weighted by Gasteiger charge is -2.03. The summed E-state index contributed by atoms with van der Waals surface area (Å²) in [6.07, 6.45) is 0.959. The summed E-state index contributed by atoms with van der Waals surface area (Å²) < 4.78 is 31.4. The molecule has 8 heteroatoms. The van der Waals surface area contributed by atoms with Crippen molar-refractivity contribution in [1.82, 2.24) is 0 Å². The van der Waals surface area contributed by atoms with E-state index in [2.05, 4.69) is 10.6 Å². The number of ether oxygens (including phenoxy) is 1. The Morgan fingerprint density at radius 3 is 2.44 bits per heavy atom. The van der Waals surface area contributed by atoms with Crippen molar-refractivity contribution in [2.75, 3.05) is 25.7 Å². The predicted molar refractivity (Wildman–Crippen MR) is 66.8 cm³/mol. The van der Waals surface area contributed by atoms with Crippen LogP contribution in [0.4, 0.5) is 14.5 Å². The van der Waals surface area contributed by atoms with Gasteiger partial charge in [-0.2, -0.15) is 0 Å². The first-order valence-corrected chi connectivity index (χ1v) is 4.79. The van der Waals surface area contributed by atoms with Gasteiger partial charge in [0.1, 0.15) is 18.2 Å². The summed E-state index contributed by atoms with van der Waals surface area (Å²) in [5.41, 5.74) is 1.99. The molecule has 1 aromatic rings. The second-order valence-corrected chi connectivity index (χ2v) is 3.06. The zero-order chi connectivity index (χ0) is 12.7. The Morgan fingerprint density at radius 2 is 1.94 bits per heavy atom. The van der Waals surface area contributed by atoms with Gasteiger partial charge in [0.2, 0.25) is 0 Å². The van der Waals surface area contributed by atoms with E-state index in [9.17, 15) is 8.78 Å². The standard InChI is InChI=1S/C10H13F2N3O2.ClH/c1-16-2-3-17-14-6-8-9(11)4-7(15-13)5-10(8)12;/h4-6,15H,2-3,13H2,1H3;1H/b14-6+;. The summed E-state index contributed by atoms with van der Waals surface area (Å²) >= 11 is 0. The van der Waals surface area contributed by atoms with Crippen LogP contribution in [0.25, 0.3) is 0 Å². The highest BCUT2D eigenvalue weighted by atomic mass is 35.5. The number of anilines is 1. The lowest BCUT2D eigenvalue weighted by molar-refractivity contribution is 0.0759. The normalized spacial score (nSPS) is 10.2. The molecule has 0 bridgehead atoms. The van der Waals surface area contributed by atoms with E-state index in [1.165, 1.54) is 7.11 Å². The van der Waals surface area contributed by atoms with Crippen molar-refractivity contribution in [3.8, 4) is 0 Å². The van der Waals surface area contributed by atoms with Crippen LogP contribution in [0.1, 0.15) is 5.56 Å². The molecule has 0 spiro atoms. The maximum absolute atomic E-state index is 13.4. The highest BCUT2D eigenvalue weighted by Crippen LogP contribution is 2.16. The highest BCUT2D eigenvalue weighted by molar-refractivity contribution is 5.85. The predicted octanol–water partition coefficient (Wildman–Crippen LogP) is 1.67. The minimum atomic E-state index is -0.781. The third-order valence-electron chi connectivity index (χ3n) is 1.88. The first kappa shape index (κ1) is 16.6. The van der Waals surface area contributed by atoms with E-state index >= 15 is 0 Å². The molecule has 102 valence electrons. The molecule has 0 saturated heterocycles. The fourth-order valence-electron chi connectivity index (χ4n) is 1.05. The van der Waals surface area contributed by atoms with Crippen molar-refractivity contribution in [2.24, 2.45) is 11.0 Å². The van der Waals surface area contributed by atoms with Gasteiger partial charge in [0.05, 0.1) is 24.1 Å². The summed E-state index contributed by atoms with van der Waals surface area (Å²) in [6.45, 7) is 0.553. The van der Waals surface area contributed by atoms with Gasteiger partial charge in [-0.1, -0.05) is 5.16 Å². The Labute approximate surface area is 109 Å². The number of hydrogen-bond donors (Lipinski definition) is 2. The molecule has 0 atom stereocenters. The van der Waals surface area contributed by atoms with Crippen LogP contribution >= 0.6 is 12.4 Å². The van der Waals surface area contributed by atoms with Crippen molar-refractivity contribution in [3.63, 3.8) is 0 Å². The molecule has 0 fully saturated rings. The molecule has 0 aliphatic heterocycles. The van der Waals surface area contributed by atoms with Gasteiger partial charge in [-0.3, -0.25) is 5.84 Å². The Balaban J connectivity index is 0.00000289. The van der Waals surface area contributed by atoms with E-state index in [4.69, 9.17) is 15.4 Å². The highest BCUT2D eigenvalue weighted by Gasteiger charge is 2.08. The van der Waals surface area contributed by atoms with E-state index in [-0.39, 0.29) is 30.3 Å². The van der Waals surface area contributed by atoms with Crippen LogP contribution in [-0.4, -0.2) is 26.5 Å². The number of nitrogens with two attached hydrogens (primary N) is 1. The topological polar surface area (TPSA) is 68.9 Å². The van der Waals surface area contributed by atoms with Gasteiger partial charge in [0.15, 0.2) is 0 Å². The lowest BCUT2D eigenvalue weighted by Crippen LogP contribution is -2.08. The average molecular weight is 282 g/mol. The zero-order valence-electron chi connectivity index (χ0n) is 9.65. The van der Waals surface area contributed by atoms with E-state index in [1.807, 2.05) is 0 Å². The first-order valence-electron chi connectivity index (χ1n) is 4.79. The fraction of sp³-hybridized carbons (Fsp3) is 0.300. The van der Waals surface area contributed by atoms with Gasteiger partial charge in [-0.05, 0) is 12.1 Å². The van der Waals surface area contributed by atoms with Crippen molar-refractivity contribution in [1.29, 1.82) is 0 Å². The van der Waals surface area contributed by atoms with Crippen LogP contribution in [-0.2, 0) is 9.57 Å². The molecular weight excluding hydrogens is 268 g/mol. The second-order valence-electron chi connectivity index (χ2n) is 3.06. The molecule has 0 aliphatic rings. The number of methoxy groups -OCH3 is 1. The number of nitrogens with zero attached hydrogens (tertiary/aromatic N) is 1. The van der Waals surface area contributed by atoms with Crippen LogP contribution in [0.3, 0.4) is 0 Å². The zero-order valence-corrected chi connectivity index (χ0v) is 10.5. The fourth-order valence-corrected chi connectivity index (χ4v) is 1.05. The lowest BCUT2D eigenvalue weighted by atomic mass is 10.2. The van der Waals surface area contributed by atoms with E-state index in [0.717, 1.165) is 18.3 Å². The van der Waals surface area contributed by atoms with Gasteiger partial charge >= 0.3 is 0 Å². The summed E-state index contributed by atoms with van der Waals surface area (Å²) in [7, 11) is 1.50. The smallest absolute Gasteiger partial charge is 0.140 e. The van der Waals surface area contributed by atoms with E-state index in [1.54, 1.807) is 0 Å². The quantitative estimate of drug-likeness (QED) is 0.360. The first-order chi connectivity index (χ1) is 8.19. The number of hydrazine groups is 1. The number of oxime groups is 1. The van der Waals surface area contributed by atoms with Gasteiger partial charge in [0.25, 0.3) is 0 Å². The Kier molecular flexibility index (Phi) is 7.93. The summed E-state index contributed by atoms with van der Waals surface area (Å²) in [5.74, 6) is 3.48. The van der Waals surface area contributed by atoms with E-state index in [0.29, 0.717) is 6.61 Å². The second kappa shape index (κ2) is 8.62. The van der Waals surface area contributed by atoms with Gasteiger partial charge in [-0.15, -0.1) is 12.4 Å². The van der Waals surface area contributed by atoms with Crippen molar-refractivity contribution in [2.45, 2.75) is 0 Å². The van der Waals surface area contributed by atoms with Crippen LogP contribution in [0.15, 0.2) is 17.3 Å². The molecular formula is C10H14ClF2N3O2. The van der Waals surface area contributed by atoms with Gasteiger partial charge in [-0.25, -0.2) is 8.78 Å². The summed E-state index contributed by atoms with van der Waals surface area (Å²) in [5, 5.41) is 3.42. The van der Waals surface area contributed by atoms with Gasteiger partial charge in [0, 0.05) is 7.11 Å². The molecule has 3 N–H and O–H groups in total. The average Bonchev–Trinajstić information content (AvgIpc) is 2.31. The maximum atomic E-state index is 13.4. The SMILES string of the molecule is COCCO/N=C/c1c(F)cc(NN)cc1F.Cl. The number of rotatable bonds is 6. The third-order valence-corrected chi connectivity index (χ3v) is 1.88. The minimum Gasteiger partial charge on any atom is -0.393 e. The Morgan fingerprint density at radius 1 is 1.33 bits per heavy atom. The number of nitrogens with one attached hydrogen (secondary N) is 1. The molecule has 1 rings (SSSR count). The number of hydrogen-bond acceptors (Lipinski definition) is 5. The molecule has 18 heavy (non-hydrogen) atoms. The third kappa shape index (κ3) is 4.82.